The van der Waals surface area contributed by atoms with Crippen LogP contribution in [0, 0.1) is 10.1 Å². The van der Waals surface area contributed by atoms with Gasteiger partial charge in [-0.2, -0.15) is 0 Å². The first-order valence-electron chi connectivity index (χ1n) is 10.6. The predicted octanol–water partition coefficient (Wildman–Crippen LogP) is 4.42. The fourth-order valence-corrected chi connectivity index (χ4v) is 3.73. The average Bonchev–Trinajstić information content (AvgIpc) is 3.33. The maximum absolute atomic E-state index is 10.9. The SMILES string of the molecule is COc1cc(CN=C(NCc2ccc([N+](=O)[O-])cc2)NC2CCCC2)cc(OC)c1OC.I. The van der Waals surface area contributed by atoms with Crippen LogP contribution in [0.2, 0.25) is 0 Å². The lowest BCUT2D eigenvalue weighted by molar-refractivity contribution is -0.384. The van der Waals surface area contributed by atoms with E-state index in [9.17, 15) is 10.1 Å². The number of benzene rings is 2. The van der Waals surface area contributed by atoms with Crippen LogP contribution in [0.25, 0.3) is 0 Å². The van der Waals surface area contributed by atoms with E-state index in [1.165, 1.54) is 25.0 Å². The van der Waals surface area contributed by atoms with E-state index in [-0.39, 0.29) is 29.7 Å². The number of nitrogens with one attached hydrogen (secondary N) is 2. The molecular weight excluding hydrogens is 539 g/mol. The summed E-state index contributed by atoms with van der Waals surface area (Å²) in [5, 5.41) is 17.7. The van der Waals surface area contributed by atoms with Gasteiger partial charge in [-0.05, 0) is 36.1 Å². The van der Waals surface area contributed by atoms with Gasteiger partial charge in [-0.15, -0.1) is 24.0 Å². The molecule has 2 N–H and O–H groups in total. The van der Waals surface area contributed by atoms with Gasteiger partial charge in [0.25, 0.3) is 5.69 Å². The molecule has 0 amide bonds. The van der Waals surface area contributed by atoms with E-state index in [4.69, 9.17) is 19.2 Å². The topological polar surface area (TPSA) is 107 Å². The maximum Gasteiger partial charge on any atom is 0.269 e. The average molecular weight is 570 g/mol. The third-order valence-electron chi connectivity index (χ3n) is 5.45. The Hall–Kier alpha value is -2.76. The van der Waals surface area contributed by atoms with Crippen LogP contribution in [0.5, 0.6) is 17.2 Å². The summed E-state index contributed by atoms with van der Waals surface area (Å²) in [6.45, 7) is 0.921. The number of hydrogen-bond acceptors (Lipinski definition) is 6. The monoisotopic (exact) mass is 570 g/mol. The first-order chi connectivity index (χ1) is 15.5. The number of nitro groups is 1. The van der Waals surface area contributed by atoms with E-state index in [1.807, 2.05) is 12.1 Å². The lowest BCUT2D eigenvalue weighted by Crippen LogP contribution is -2.42. The van der Waals surface area contributed by atoms with Crippen molar-refractivity contribution < 1.29 is 19.1 Å². The third kappa shape index (κ3) is 7.37. The van der Waals surface area contributed by atoms with Crippen LogP contribution in [0.4, 0.5) is 5.69 Å². The van der Waals surface area contributed by atoms with Gasteiger partial charge in [0.15, 0.2) is 17.5 Å². The zero-order chi connectivity index (χ0) is 22.9. The van der Waals surface area contributed by atoms with Crippen LogP contribution in [-0.4, -0.2) is 38.3 Å². The van der Waals surface area contributed by atoms with Crippen molar-refractivity contribution in [3.63, 3.8) is 0 Å². The van der Waals surface area contributed by atoms with Gasteiger partial charge in [0.1, 0.15) is 0 Å². The Morgan fingerprint density at radius 3 is 2.15 bits per heavy atom. The lowest BCUT2D eigenvalue weighted by Gasteiger charge is -2.18. The lowest BCUT2D eigenvalue weighted by atomic mass is 10.2. The van der Waals surface area contributed by atoms with Crippen molar-refractivity contribution in [3.05, 3.63) is 57.6 Å². The largest absolute Gasteiger partial charge is 0.493 e. The first kappa shape index (κ1) is 26.5. The summed E-state index contributed by atoms with van der Waals surface area (Å²) < 4.78 is 16.3. The summed E-state index contributed by atoms with van der Waals surface area (Å²) in [6.07, 6.45) is 4.64. The molecule has 2 aromatic carbocycles. The Morgan fingerprint density at radius 2 is 1.64 bits per heavy atom. The smallest absolute Gasteiger partial charge is 0.269 e. The van der Waals surface area contributed by atoms with Gasteiger partial charge in [-0.3, -0.25) is 10.1 Å². The number of nitrogens with zero attached hydrogens (tertiary/aromatic N) is 2. The maximum atomic E-state index is 10.9. The van der Waals surface area contributed by atoms with Crippen LogP contribution in [0.1, 0.15) is 36.8 Å². The molecule has 0 aliphatic heterocycles. The molecule has 0 saturated heterocycles. The number of hydrogen-bond donors (Lipinski definition) is 2. The molecule has 0 heterocycles. The third-order valence-corrected chi connectivity index (χ3v) is 5.45. The first-order valence-corrected chi connectivity index (χ1v) is 10.6. The van der Waals surface area contributed by atoms with Gasteiger partial charge in [-0.1, -0.05) is 25.0 Å². The molecular formula is C23H31IN4O5. The summed E-state index contributed by atoms with van der Waals surface area (Å²) in [6, 6.07) is 10.7. The van der Waals surface area contributed by atoms with Crippen LogP contribution >= 0.6 is 24.0 Å². The van der Waals surface area contributed by atoms with E-state index < -0.39 is 4.92 Å². The van der Waals surface area contributed by atoms with Crippen molar-refractivity contribution in [2.75, 3.05) is 21.3 Å². The number of aliphatic imine (C=N–C) groups is 1. The minimum atomic E-state index is -0.400. The van der Waals surface area contributed by atoms with Gasteiger partial charge in [-0.25, -0.2) is 4.99 Å². The second-order valence-electron chi connectivity index (χ2n) is 7.60. The Kier molecular flexibility index (Phi) is 10.5. The summed E-state index contributed by atoms with van der Waals surface area (Å²) in [5.74, 6) is 2.41. The molecule has 10 heteroatoms. The van der Waals surface area contributed by atoms with Gasteiger partial charge < -0.3 is 24.8 Å². The number of ether oxygens (including phenoxy) is 3. The summed E-state index contributed by atoms with van der Waals surface area (Å²) in [7, 11) is 4.75. The molecule has 0 atom stereocenters. The number of guanidine groups is 1. The molecule has 9 nitrogen and oxygen atoms in total. The van der Waals surface area contributed by atoms with Crippen molar-refractivity contribution in [2.45, 2.75) is 44.8 Å². The van der Waals surface area contributed by atoms with Gasteiger partial charge in [0.05, 0.1) is 32.8 Å². The van der Waals surface area contributed by atoms with Gasteiger partial charge >= 0.3 is 0 Å². The van der Waals surface area contributed by atoms with Crippen molar-refractivity contribution in [1.82, 2.24) is 10.6 Å². The Morgan fingerprint density at radius 1 is 1.03 bits per heavy atom. The number of methoxy groups -OCH3 is 3. The number of rotatable bonds is 9. The molecule has 1 fully saturated rings. The van der Waals surface area contributed by atoms with E-state index in [1.54, 1.807) is 33.5 Å². The van der Waals surface area contributed by atoms with Crippen LogP contribution < -0.4 is 24.8 Å². The van der Waals surface area contributed by atoms with E-state index in [0.717, 1.165) is 24.0 Å². The number of non-ortho nitro benzene ring substituents is 1. The van der Waals surface area contributed by atoms with Gasteiger partial charge in [0.2, 0.25) is 5.75 Å². The van der Waals surface area contributed by atoms with Crippen molar-refractivity contribution in [1.29, 1.82) is 0 Å². The highest BCUT2D eigenvalue weighted by molar-refractivity contribution is 14.0. The minimum Gasteiger partial charge on any atom is -0.493 e. The molecule has 0 aromatic heterocycles. The Bertz CT molecular complexity index is 921. The minimum absolute atomic E-state index is 0. The van der Waals surface area contributed by atoms with Crippen molar-refractivity contribution in [2.24, 2.45) is 4.99 Å². The molecule has 0 spiro atoms. The van der Waals surface area contributed by atoms with E-state index in [0.29, 0.717) is 42.3 Å². The summed E-state index contributed by atoms with van der Waals surface area (Å²) in [4.78, 5) is 15.2. The zero-order valence-electron chi connectivity index (χ0n) is 19.1. The number of halogens is 1. The molecule has 0 radical (unpaired) electrons. The second-order valence-corrected chi connectivity index (χ2v) is 7.60. The Labute approximate surface area is 211 Å². The Balaban J connectivity index is 0.00000385. The quantitative estimate of drug-likeness (QED) is 0.151. The summed E-state index contributed by atoms with van der Waals surface area (Å²) >= 11 is 0. The predicted molar refractivity (Wildman–Crippen MR) is 138 cm³/mol. The van der Waals surface area contributed by atoms with Crippen LogP contribution in [0.3, 0.4) is 0 Å². The van der Waals surface area contributed by atoms with Gasteiger partial charge in [0, 0.05) is 24.7 Å². The highest BCUT2D eigenvalue weighted by atomic mass is 127. The molecule has 33 heavy (non-hydrogen) atoms. The molecule has 0 bridgehead atoms. The fourth-order valence-electron chi connectivity index (χ4n) is 3.73. The highest BCUT2D eigenvalue weighted by Gasteiger charge is 2.17. The van der Waals surface area contributed by atoms with Crippen LogP contribution in [-0.2, 0) is 13.1 Å². The molecule has 0 unspecified atom stereocenters. The van der Waals surface area contributed by atoms with E-state index >= 15 is 0 Å². The molecule has 180 valence electrons. The van der Waals surface area contributed by atoms with Crippen molar-refractivity contribution in [3.8, 4) is 17.2 Å². The second kappa shape index (κ2) is 13.1. The summed E-state index contributed by atoms with van der Waals surface area (Å²) in [5.41, 5.74) is 1.93. The molecule has 1 saturated carbocycles. The molecule has 2 aromatic rings. The molecule has 1 aliphatic rings. The van der Waals surface area contributed by atoms with Crippen LogP contribution in [0.15, 0.2) is 41.4 Å². The highest BCUT2D eigenvalue weighted by Crippen LogP contribution is 2.38. The zero-order valence-corrected chi connectivity index (χ0v) is 21.5. The standard InChI is InChI=1S/C23H30N4O5.HI/c1-30-20-12-17(13-21(31-2)22(20)32-3)15-25-23(26-18-6-4-5-7-18)24-14-16-8-10-19(11-9-16)27(28)29;/h8-13,18H,4-7,14-15H2,1-3H3,(H2,24,25,26);1H. The molecule has 3 rings (SSSR count). The van der Waals surface area contributed by atoms with E-state index in [2.05, 4.69) is 10.6 Å². The fraction of sp³-hybridized carbons (Fsp3) is 0.435. The number of nitro benzene ring substituents is 1. The van der Waals surface area contributed by atoms with Crippen molar-refractivity contribution >= 4 is 35.6 Å². The normalized spacial score (nSPS) is 13.7. The molecule has 1 aliphatic carbocycles.